The number of benzene rings is 3. The lowest BCUT2D eigenvalue weighted by molar-refractivity contribution is -0.116. The first kappa shape index (κ1) is 23.1. The number of nitrogens with zero attached hydrogens (tertiary/aromatic N) is 1. The first-order chi connectivity index (χ1) is 15.6. The number of halogens is 1. The van der Waals surface area contributed by atoms with Crippen LogP contribution in [0, 0.1) is 20.8 Å². The molecule has 5 nitrogen and oxygen atoms in total. The molecule has 1 amide bonds. The van der Waals surface area contributed by atoms with Crippen molar-refractivity contribution >= 4 is 43.9 Å². The number of rotatable bonds is 6. The summed E-state index contributed by atoms with van der Waals surface area (Å²) in [5, 5.41) is 3.87. The molecular weight excluding hydrogens is 456 g/mol. The SMILES string of the molecule is Cc1ccc(NC(=O)Cn2cc(S(=O)(=O)Cc3cc(C)ccc3C)c3ccccc32)c(Cl)c1. The fourth-order valence-electron chi connectivity index (χ4n) is 3.90. The predicted molar refractivity (Wildman–Crippen MR) is 134 cm³/mol. The van der Waals surface area contributed by atoms with Gasteiger partial charge in [0, 0.05) is 17.1 Å². The summed E-state index contributed by atoms with van der Waals surface area (Å²) in [6, 6.07) is 18.4. The highest BCUT2D eigenvalue weighted by Gasteiger charge is 2.23. The third-order valence-electron chi connectivity index (χ3n) is 5.65. The van der Waals surface area contributed by atoms with Crippen molar-refractivity contribution in [1.29, 1.82) is 0 Å². The van der Waals surface area contributed by atoms with E-state index in [-0.39, 0.29) is 23.1 Å². The number of aromatic nitrogens is 1. The molecule has 3 aromatic carbocycles. The predicted octanol–water partition coefficient (Wildman–Crippen LogP) is 5.83. The van der Waals surface area contributed by atoms with E-state index in [4.69, 9.17) is 11.6 Å². The van der Waals surface area contributed by atoms with Crippen LogP contribution in [0.4, 0.5) is 5.69 Å². The molecule has 0 saturated heterocycles. The molecule has 0 aliphatic carbocycles. The minimum Gasteiger partial charge on any atom is -0.337 e. The molecule has 0 fully saturated rings. The molecule has 0 bridgehead atoms. The van der Waals surface area contributed by atoms with Crippen LogP contribution in [-0.4, -0.2) is 18.9 Å². The minimum absolute atomic E-state index is 0.0380. The Bertz CT molecular complexity index is 1470. The van der Waals surface area contributed by atoms with Gasteiger partial charge in [-0.25, -0.2) is 8.42 Å². The van der Waals surface area contributed by atoms with E-state index in [2.05, 4.69) is 5.32 Å². The molecule has 1 aromatic heterocycles. The Morgan fingerprint density at radius 2 is 1.67 bits per heavy atom. The van der Waals surface area contributed by atoms with Crippen molar-refractivity contribution in [2.24, 2.45) is 0 Å². The Labute approximate surface area is 198 Å². The molecule has 0 spiro atoms. The summed E-state index contributed by atoms with van der Waals surface area (Å²) in [6.45, 7) is 5.74. The zero-order valence-corrected chi connectivity index (χ0v) is 20.3. The first-order valence-corrected chi connectivity index (χ1v) is 12.6. The van der Waals surface area contributed by atoms with Crippen LogP contribution in [0.2, 0.25) is 5.02 Å². The lowest BCUT2D eigenvalue weighted by atomic mass is 10.1. The Balaban J connectivity index is 1.66. The summed E-state index contributed by atoms with van der Waals surface area (Å²) in [5.41, 5.74) is 4.92. The quantitative estimate of drug-likeness (QED) is 0.377. The molecule has 0 unspecified atom stereocenters. The summed E-state index contributed by atoms with van der Waals surface area (Å²) < 4.78 is 28.5. The molecule has 4 rings (SSSR count). The average molecular weight is 481 g/mol. The first-order valence-electron chi connectivity index (χ1n) is 10.6. The van der Waals surface area contributed by atoms with Crippen molar-refractivity contribution in [1.82, 2.24) is 4.57 Å². The van der Waals surface area contributed by atoms with Gasteiger partial charge >= 0.3 is 0 Å². The molecular formula is C26H25ClN2O3S. The van der Waals surface area contributed by atoms with Crippen molar-refractivity contribution in [2.75, 3.05) is 5.32 Å². The summed E-state index contributed by atoms with van der Waals surface area (Å²) in [7, 11) is -3.64. The molecule has 0 atom stereocenters. The van der Waals surface area contributed by atoms with Gasteiger partial charge in [-0.05, 0) is 55.7 Å². The van der Waals surface area contributed by atoms with E-state index in [1.165, 1.54) is 0 Å². The number of carbonyl (C=O) groups excluding carboxylic acids is 1. The minimum atomic E-state index is -3.64. The number of carbonyl (C=O) groups is 1. The highest BCUT2D eigenvalue weighted by Crippen LogP contribution is 2.29. The fraction of sp³-hybridized carbons (Fsp3) is 0.192. The Morgan fingerprint density at radius 3 is 2.42 bits per heavy atom. The van der Waals surface area contributed by atoms with Crippen LogP contribution in [-0.2, 0) is 26.9 Å². The van der Waals surface area contributed by atoms with E-state index in [1.54, 1.807) is 35.0 Å². The number of anilines is 1. The standard InChI is InChI=1S/C26H25ClN2O3S/c1-17-8-10-19(3)20(12-17)16-33(31,32)25-14-29(24-7-5-4-6-21(24)25)15-26(30)28-23-11-9-18(2)13-22(23)27/h4-14H,15-16H2,1-3H3,(H,28,30). The average Bonchev–Trinajstić information content (AvgIpc) is 3.12. The second-order valence-corrected chi connectivity index (χ2v) is 10.7. The normalized spacial score (nSPS) is 11.6. The maximum absolute atomic E-state index is 13.4. The van der Waals surface area contributed by atoms with Crippen molar-refractivity contribution < 1.29 is 13.2 Å². The number of sulfone groups is 1. The van der Waals surface area contributed by atoms with Gasteiger partial charge < -0.3 is 9.88 Å². The van der Waals surface area contributed by atoms with Gasteiger partial charge in [-0.15, -0.1) is 0 Å². The number of amides is 1. The number of nitrogens with one attached hydrogen (secondary N) is 1. The molecule has 33 heavy (non-hydrogen) atoms. The number of aryl methyl sites for hydroxylation is 3. The zero-order chi connectivity index (χ0) is 23.8. The van der Waals surface area contributed by atoms with E-state index in [9.17, 15) is 13.2 Å². The Kier molecular flexibility index (Phi) is 6.32. The van der Waals surface area contributed by atoms with Gasteiger partial charge in [0.1, 0.15) is 6.54 Å². The van der Waals surface area contributed by atoms with Gasteiger partial charge in [0.2, 0.25) is 5.91 Å². The van der Waals surface area contributed by atoms with Crippen molar-refractivity contribution in [3.63, 3.8) is 0 Å². The van der Waals surface area contributed by atoms with E-state index >= 15 is 0 Å². The highest BCUT2D eigenvalue weighted by atomic mass is 35.5. The monoisotopic (exact) mass is 480 g/mol. The molecule has 0 aliphatic heterocycles. The molecule has 1 heterocycles. The van der Waals surface area contributed by atoms with Crippen LogP contribution in [0.15, 0.2) is 71.8 Å². The molecule has 0 saturated carbocycles. The lowest BCUT2D eigenvalue weighted by Gasteiger charge is -2.09. The van der Waals surface area contributed by atoms with Gasteiger partial charge in [0.25, 0.3) is 0 Å². The van der Waals surface area contributed by atoms with Crippen LogP contribution < -0.4 is 5.32 Å². The van der Waals surface area contributed by atoms with E-state index in [0.29, 0.717) is 21.6 Å². The van der Waals surface area contributed by atoms with Gasteiger partial charge in [-0.2, -0.15) is 0 Å². The number of fused-ring (bicyclic) bond motifs is 1. The van der Waals surface area contributed by atoms with Gasteiger partial charge in [-0.1, -0.05) is 59.6 Å². The summed E-state index contributed by atoms with van der Waals surface area (Å²) in [4.78, 5) is 13.0. The van der Waals surface area contributed by atoms with E-state index in [1.807, 2.05) is 57.2 Å². The molecule has 0 aliphatic rings. The Morgan fingerprint density at radius 1 is 0.970 bits per heavy atom. The van der Waals surface area contributed by atoms with Crippen molar-refractivity contribution in [3.05, 3.63) is 94.1 Å². The second-order valence-electron chi connectivity index (χ2n) is 8.36. The van der Waals surface area contributed by atoms with Crippen molar-refractivity contribution in [3.8, 4) is 0 Å². The maximum Gasteiger partial charge on any atom is 0.244 e. The topological polar surface area (TPSA) is 68.2 Å². The molecule has 1 N–H and O–H groups in total. The zero-order valence-electron chi connectivity index (χ0n) is 18.7. The molecule has 7 heteroatoms. The molecule has 0 radical (unpaired) electrons. The van der Waals surface area contributed by atoms with E-state index in [0.717, 1.165) is 22.3 Å². The summed E-state index contributed by atoms with van der Waals surface area (Å²) in [6.07, 6.45) is 1.56. The van der Waals surface area contributed by atoms with Gasteiger partial charge in [-0.3, -0.25) is 4.79 Å². The van der Waals surface area contributed by atoms with Crippen LogP contribution in [0.25, 0.3) is 10.9 Å². The third kappa shape index (κ3) is 4.97. The largest absolute Gasteiger partial charge is 0.337 e. The summed E-state index contributed by atoms with van der Waals surface area (Å²) >= 11 is 6.24. The van der Waals surface area contributed by atoms with Crippen LogP contribution in [0.5, 0.6) is 0 Å². The van der Waals surface area contributed by atoms with Crippen molar-refractivity contribution in [2.45, 2.75) is 38.0 Å². The molecule has 4 aromatic rings. The highest BCUT2D eigenvalue weighted by molar-refractivity contribution is 7.90. The fourth-order valence-corrected chi connectivity index (χ4v) is 5.85. The number of hydrogen-bond donors (Lipinski definition) is 1. The third-order valence-corrected chi connectivity index (χ3v) is 7.65. The van der Waals surface area contributed by atoms with Gasteiger partial charge in [0.15, 0.2) is 9.84 Å². The number of hydrogen-bond acceptors (Lipinski definition) is 3. The molecule has 170 valence electrons. The summed E-state index contributed by atoms with van der Waals surface area (Å²) in [5.74, 6) is -0.389. The van der Waals surface area contributed by atoms with Crippen LogP contribution >= 0.6 is 11.6 Å². The van der Waals surface area contributed by atoms with Gasteiger partial charge in [0.05, 0.1) is 21.4 Å². The smallest absolute Gasteiger partial charge is 0.244 e. The van der Waals surface area contributed by atoms with Crippen LogP contribution in [0.3, 0.4) is 0 Å². The maximum atomic E-state index is 13.4. The Hall–Kier alpha value is -3.09. The lowest BCUT2D eigenvalue weighted by Crippen LogP contribution is -2.18. The number of para-hydroxylation sites is 1. The van der Waals surface area contributed by atoms with Crippen LogP contribution in [0.1, 0.15) is 22.3 Å². The second kappa shape index (κ2) is 9.04. The van der Waals surface area contributed by atoms with E-state index < -0.39 is 9.84 Å².